The summed E-state index contributed by atoms with van der Waals surface area (Å²) in [5.74, 6) is 1.09. The number of furan rings is 1. The Hall–Kier alpha value is -0.840. The maximum Gasteiger partial charge on any atom is 0.122 e. The lowest BCUT2D eigenvalue weighted by Crippen LogP contribution is -2.44. The second-order valence-electron chi connectivity index (χ2n) is 6.61. The largest absolute Gasteiger partial charge is 0.468 e. The van der Waals surface area contributed by atoms with Gasteiger partial charge in [0.25, 0.3) is 0 Å². The molecule has 2 aliphatic heterocycles. The van der Waals surface area contributed by atoms with E-state index in [1.807, 2.05) is 6.07 Å². The number of hydrogen-bond donors (Lipinski definition) is 1. The molecule has 3 unspecified atom stereocenters. The van der Waals surface area contributed by atoms with Crippen LogP contribution in [0.15, 0.2) is 22.8 Å². The molecule has 2 fully saturated rings. The lowest BCUT2D eigenvalue weighted by atomic mass is 9.99. The molecule has 0 bridgehead atoms. The topological polar surface area (TPSA) is 37.6 Å². The van der Waals surface area contributed by atoms with Crippen molar-refractivity contribution in [3.8, 4) is 0 Å². The number of nitrogens with one attached hydrogen (secondary N) is 1. The van der Waals surface area contributed by atoms with Crippen molar-refractivity contribution in [1.29, 1.82) is 0 Å². The van der Waals surface area contributed by atoms with Gasteiger partial charge in [-0.1, -0.05) is 0 Å². The molecular weight excluding hydrogens is 264 g/mol. The lowest BCUT2D eigenvalue weighted by molar-refractivity contribution is -0.0428. The smallest absolute Gasteiger partial charge is 0.122 e. The second-order valence-corrected chi connectivity index (χ2v) is 6.61. The Kier molecular flexibility index (Phi) is 4.99. The Morgan fingerprint density at radius 2 is 1.95 bits per heavy atom. The first-order valence-corrected chi connectivity index (χ1v) is 8.38. The fraction of sp³-hybridized carbons (Fsp3) is 0.765. The number of rotatable bonds is 5. The van der Waals surface area contributed by atoms with Crippen LogP contribution in [0.1, 0.15) is 51.3 Å². The molecule has 3 heterocycles. The third kappa shape index (κ3) is 3.87. The van der Waals surface area contributed by atoms with Gasteiger partial charge < -0.3 is 14.5 Å². The van der Waals surface area contributed by atoms with Crippen LogP contribution in [0.4, 0.5) is 0 Å². The van der Waals surface area contributed by atoms with Crippen LogP contribution >= 0.6 is 0 Å². The van der Waals surface area contributed by atoms with E-state index < -0.39 is 0 Å². The number of hydrogen-bond acceptors (Lipinski definition) is 4. The molecule has 0 spiro atoms. The van der Waals surface area contributed by atoms with Crippen LogP contribution in [0.5, 0.6) is 0 Å². The van der Waals surface area contributed by atoms with Gasteiger partial charge in [0.1, 0.15) is 5.76 Å². The molecule has 0 amide bonds. The monoisotopic (exact) mass is 292 g/mol. The maximum atomic E-state index is 5.83. The Bertz CT molecular complexity index is 404. The van der Waals surface area contributed by atoms with E-state index in [0.717, 1.165) is 25.1 Å². The lowest BCUT2D eigenvalue weighted by Gasteiger charge is -2.34. The van der Waals surface area contributed by atoms with E-state index in [1.165, 1.54) is 25.9 Å². The third-order valence-corrected chi connectivity index (χ3v) is 4.75. The molecule has 21 heavy (non-hydrogen) atoms. The van der Waals surface area contributed by atoms with Gasteiger partial charge in [-0.3, -0.25) is 4.90 Å². The first-order valence-electron chi connectivity index (χ1n) is 8.38. The van der Waals surface area contributed by atoms with Gasteiger partial charge >= 0.3 is 0 Å². The van der Waals surface area contributed by atoms with Crippen LogP contribution in [-0.2, 0) is 4.74 Å². The molecule has 1 aromatic rings. The summed E-state index contributed by atoms with van der Waals surface area (Å²) in [6, 6.07) is 5.04. The summed E-state index contributed by atoms with van der Waals surface area (Å²) in [6.07, 6.45) is 7.34. The van der Waals surface area contributed by atoms with Gasteiger partial charge in [0, 0.05) is 12.6 Å². The fourth-order valence-electron chi connectivity index (χ4n) is 3.79. The van der Waals surface area contributed by atoms with Crippen molar-refractivity contribution in [2.24, 2.45) is 0 Å². The molecule has 1 N–H and O–H groups in total. The van der Waals surface area contributed by atoms with Gasteiger partial charge in [-0.15, -0.1) is 0 Å². The predicted molar refractivity (Wildman–Crippen MR) is 83.3 cm³/mol. The molecule has 118 valence electrons. The molecule has 0 aliphatic carbocycles. The highest BCUT2D eigenvalue weighted by Crippen LogP contribution is 2.26. The molecule has 0 saturated carbocycles. The van der Waals surface area contributed by atoms with Crippen molar-refractivity contribution in [3.05, 3.63) is 24.2 Å². The van der Waals surface area contributed by atoms with Gasteiger partial charge in [-0.05, 0) is 64.8 Å². The predicted octanol–water partition coefficient (Wildman–Crippen LogP) is 2.96. The first-order chi connectivity index (χ1) is 10.2. The van der Waals surface area contributed by atoms with Crippen LogP contribution in [0.25, 0.3) is 0 Å². The summed E-state index contributed by atoms with van der Waals surface area (Å²) >= 11 is 0. The molecule has 4 nitrogen and oxygen atoms in total. The molecule has 0 radical (unpaired) electrons. The fourth-order valence-corrected chi connectivity index (χ4v) is 3.79. The Labute approximate surface area is 127 Å². The highest BCUT2D eigenvalue weighted by molar-refractivity contribution is 5.06. The first kappa shape index (κ1) is 15.1. The van der Waals surface area contributed by atoms with Crippen LogP contribution in [0, 0.1) is 0 Å². The van der Waals surface area contributed by atoms with E-state index in [2.05, 4.69) is 30.1 Å². The molecule has 0 aromatic carbocycles. The van der Waals surface area contributed by atoms with Crippen molar-refractivity contribution in [3.63, 3.8) is 0 Å². The highest BCUT2D eigenvalue weighted by atomic mass is 16.5. The molecule has 2 saturated heterocycles. The minimum absolute atomic E-state index is 0.361. The molecule has 3 rings (SSSR count). The van der Waals surface area contributed by atoms with Crippen molar-refractivity contribution < 1.29 is 9.15 Å². The van der Waals surface area contributed by atoms with Crippen LogP contribution in [-0.4, -0.2) is 42.8 Å². The van der Waals surface area contributed by atoms with Crippen molar-refractivity contribution >= 4 is 0 Å². The van der Waals surface area contributed by atoms with Gasteiger partial charge in [-0.2, -0.15) is 0 Å². The summed E-state index contributed by atoms with van der Waals surface area (Å²) in [5, 5.41) is 3.77. The van der Waals surface area contributed by atoms with E-state index in [4.69, 9.17) is 9.15 Å². The van der Waals surface area contributed by atoms with E-state index in [0.29, 0.717) is 24.3 Å². The summed E-state index contributed by atoms with van der Waals surface area (Å²) in [6.45, 7) is 7.70. The van der Waals surface area contributed by atoms with Gasteiger partial charge in [0.2, 0.25) is 0 Å². The van der Waals surface area contributed by atoms with E-state index in [9.17, 15) is 0 Å². The molecule has 1 aromatic heterocycles. The van der Waals surface area contributed by atoms with Gasteiger partial charge in [-0.25, -0.2) is 0 Å². The molecule has 2 aliphatic rings. The zero-order valence-corrected chi connectivity index (χ0v) is 13.3. The van der Waals surface area contributed by atoms with Gasteiger partial charge in [0.15, 0.2) is 0 Å². The SMILES string of the molecule is CC1CC(NCC(c2ccco2)N2CCCC2)CC(C)O1. The normalized spacial score (nSPS) is 32.4. The summed E-state index contributed by atoms with van der Waals surface area (Å²) in [7, 11) is 0. The summed E-state index contributed by atoms with van der Waals surface area (Å²) in [4.78, 5) is 2.55. The molecule has 3 atom stereocenters. The zero-order valence-electron chi connectivity index (χ0n) is 13.3. The summed E-state index contributed by atoms with van der Waals surface area (Å²) < 4.78 is 11.5. The Morgan fingerprint density at radius 1 is 1.24 bits per heavy atom. The maximum absolute atomic E-state index is 5.83. The zero-order chi connectivity index (χ0) is 14.7. The quantitative estimate of drug-likeness (QED) is 0.905. The Morgan fingerprint density at radius 3 is 2.57 bits per heavy atom. The van der Waals surface area contributed by atoms with E-state index >= 15 is 0 Å². The number of likely N-dealkylation sites (tertiary alicyclic amines) is 1. The highest BCUT2D eigenvalue weighted by Gasteiger charge is 2.28. The van der Waals surface area contributed by atoms with Crippen LogP contribution in [0.3, 0.4) is 0 Å². The van der Waals surface area contributed by atoms with E-state index in [-0.39, 0.29) is 0 Å². The Balaban J connectivity index is 1.59. The van der Waals surface area contributed by atoms with Crippen molar-refractivity contribution in [1.82, 2.24) is 10.2 Å². The number of ether oxygens (including phenoxy) is 1. The second kappa shape index (κ2) is 6.95. The van der Waals surface area contributed by atoms with Crippen molar-refractivity contribution in [2.75, 3.05) is 19.6 Å². The number of nitrogens with zero attached hydrogens (tertiary/aromatic N) is 1. The summed E-state index contributed by atoms with van der Waals surface area (Å²) in [5.41, 5.74) is 0. The average molecular weight is 292 g/mol. The minimum Gasteiger partial charge on any atom is -0.468 e. The molecule has 4 heteroatoms. The molecular formula is C17H28N2O2. The standard InChI is InChI=1S/C17H28N2O2/c1-13-10-15(11-14(2)21-13)18-12-16(17-6-5-9-20-17)19-7-3-4-8-19/h5-6,9,13-16,18H,3-4,7-8,10-12H2,1-2H3. The van der Waals surface area contributed by atoms with Crippen LogP contribution < -0.4 is 5.32 Å². The van der Waals surface area contributed by atoms with Crippen LogP contribution in [0.2, 0.25) is 0 Å². The third-order valence-electron chi connectivity index (χ3n) is 4.75. The minimum atomic E-state index is 0.361. The van der Waals surface area contributed by atoms with E-state index in [1.54, 1.807) is 6.26 Å². The van der Waals surface area contributed by atoms with Crippen molar-refractivity contribution in [2.45, 2.75) is 63.8 Å². The average Bonchev–Trinajstić information content (AvgIpc) is 3.10. The van der Waals surface area contributed by atoms with Gasteiger partial charge in [0.05, 0.1) is 24.5 Å².